The Hall–Kier alpha value is -2.17. The van der Waals surface area contributed by atoms with E-state index in [1.54, 1.807) is 12.1 Å². The second kappa shape index (κ2) is 4.90. The van der Waals surface area contributed by atoms with E-state index in [1.165, 1.54) is 13.2 Å². The van der Waals surface area contributed by atoms with Gasteiger partial charge in [0.2, 0.25) is 5.91 Å². The Kier molecular flexibility index (Phi) is 3.56. The summed E-state index contributed by atoms with van der Waals surface area (Å²) in [6, 6.07) is 4.65. The molecular formula is C10H10N2O3. The summed E-state index contributed by atoms with van der Waals surface area (Å²) in [6.45, 7) is 3.30. The van der Waals surface area contributed by atoms with Crippen LogP contribution in [0.15, 0.2) is 30.9 Å². The molecule has 0 aliphatic rings. The Bertz CT molecular complexity index is 401. The van der Waals surface area contributed by atoms with Gasteiger partial charge in [0, 0.05) is 0 Å². The maximum atomic E-state index is 11.1. The van der Waals surface area contributed by atoms with Crippen LogP contribution in [-0.2, 0) is 9.53 Å². The molecule has 1 amide bonds. The molecule has 0 fully saturated rings. The van der Waals surface area contributed by atoms with Crippen LogP contribution in [0.1, 0.15) is 10.5 Å². The van der Waals surface area contributed by atoms with Gasteiger partial charge in [-0.05, 0) is 18.2 Å². The molecule has 1 N–H and O–H groups in total. The van der Waals surface area contributed by atoms with Crippen LogP contribution in [0.25, 0.3) is 0 Å². The third-order valence-electron chi connectivity index (χ3n) is 1.58. The highest BCUT2D eigenvalue weighted by atomic mass is 16.5. The maximum Gasteiger partial charge on any atom is 0.356 e. The Labute approximate surface area is 86.8 Å². The molecule has 1 aromatic rings. The van der Waals surface area contributed by atoms with Crippen molar-refractivity contribution in [1.29, 1.82) is 0 Å². The normalized spacial score (nSPS) is 9.13. The minimum atomic E-state index is -0.551. The molecule has 1 heterocycles. The molecule has 0 radical (unpaired) electrons. The Balaban J connectivity index is 2.87. The number of rotatable bonds is 3. The summed E-state index contributed by atoms with van der Waals surface area (Å²) in [5.41, 5.74) is 0.138. The summed E-state index contributed by atoms with van der Waals surface area (Å²) in [5.74, 6) is -0.656. The summed E-state index contributed by atoms with van der Waals surface area (Å²) in [6.07, 6.45) is 1.12. The van der Waals surface area contributed by atoms with Gasteiger partial charge in [-0.2, -0.15) is 0 Å². The highest BCUT2D eigenvalue weighted by molar-refractivity contribution is 5.98. The lowest BCUT2D eigenvalue weighted by atomic mass is 10.3. The van der Waals surface area contributed by atoms with E-state index in [-0.39, 0.29) is 17.4 Å². The van der Waals surface area contributed by atoms with Crippen LogP contribution in [0.5, 0.6) is 0 Å². The number of pyridine rings is 1. The third kappa shape index (κ3) is 2.91. The highest BCUT2D eigenvalue weighted by Gasteiger charge is 2.07. The smallest absolute Gasteiger partial charge is 0.356 e. The van der Waals surface area contributed by atoms with Gasteiger partial charge in [-0.3, -0.25) is 4.79 Å². The first-order chi connectivity index (χ1) is 7.17. The monoisotopic (exact) mass is 206 g/mol. The number of ether oxygens (including phenoxy) is 1. The van der Waals surface area contributed by atoms with Crippen molar-refractivity contribution in [3.8, 4) is 0 Å². The van der Waals surface area contributed by atoms with Crippen LogP contribution in [0.3, 0.4) is 0 Å². The van der Waals surface area contributed by atoms with Crippen LogP contribution >= 0.6 is 0 Å². The number of hydrogen-bond donors (Lipinski definition) is 1. The van der Waals surface area contributed by atoms with E-state index in [0.29, 0.717) is 0 Å². The van der Waals surface area contributed by atoms with Gasteiger partial charge in [0.15, 0.2) is 5.69 Å². The lowest BCUT2D eigenvalue weighted by Crippen LogP contribution is -2.11. The van der Waals surface area contributed by atoms with Crippen molar-refractivity contribution in [1.82, 2.24) is 4.98 Å². The molecule has 0 spiro atoms. The quantitative estimate of drug-likeness (QED) is 0.591. The van der Waals surface area contributed by atoms with Crippen molar-refractivity contribution in [2.24, 2.45) is 0 Å². The van der Waals surface area contributed by atoms with Gasteiger partial charge in [0.05, 0.1) is 7.11 Å². The first-order valence-corrected chi connectivity index (χ1v) is 4.16. The van der Waals surface area contributed by atoms with Crippen LogP contribution in [0, 0.1) is 0 Å². The number of carbonyl (C=O) groups excluding carboxylic acids is 2. The number of aromatic nitrogens is 1. The van der Waals surface area contributed by atoms with Crippen LogP contribution < -0.4 is 5.32 Å². The van der Waals surface area contributed by atoms with Gasteiger partial charge in [-0.1, -0.05) is 12.6 Å². The molecule has 0 unspecified atom stereocenters. The maximum absolute atomic E-state index is 11.1. The van der Waals surface area contributed by atoms with E-state index >= 15 is 0 Å². The first-order valence-electron chi connectivity index (χ1n) is 4.16. The summed E-state index contributed by atoms with van der Waals surface area (Å²) < 4.78 is 4.49. The molecule has 0 bridgehead atoms. The van der Waals surface area contributed by atoms with Crippen LogP contribution in [-0.4, -0.2) is 24.0 Å². The number of nitrogens with one attached hydrogen (secondary N) is 1. The van der Waals surface area contributed by atoms with Crippen molar-refractivity contribution in [2.45, 2.75) is 0 Å². The third-order valence-corrected chi connectivity index (χ3v) is 1.58. The average molecular weight is 206 g/mol. The average Bonchev–Trinajstić information content (AvgIpc) is 2.28. The number of esters is 1. The van der Waals surface area contributed by atoms with E-state index in [4.69, 9.17) is 0 Å². The predicted molar refractivity (Wildman–Crippen MR) is 54.4 cm³/mol. The summed E-state index contributed by atoms with van der Waals surface area (Å²) in [7, 11) is 1.26. The highest BCUT2D eigenvalue weighted by Crippen LogP contribution is 2.05. The molecule has 1 aromatic heterocycles. The van der Waals surface area contributed by atoms with Crippen LogP contribution in [0.2, 0.25) is 0 Å². The number of amides is 1. The van der Waals surface area contributed by atoms with Gasteiger partial charge < -0.3 is 10.1 Å². The summed E-state index contributed by atoms with van der Waals surface area (Å²) >= 11 is 0. The molecule has 5 nitrogen and oxygen atoms in total. The van der Waals surface area contributed by atoms with Gasteiger partial charge in [0.25, 0.3) is 0 Å². The second-order valence-electron chi connectivity index (χ2n) is 2.59. The van der Waals surface area contributed by atoms with Crippen molar-refractivity contribution < 1.29 is 14.3 Å². The van der Waals surface area contributed by atoms with E-state index < -0.39 is 5.97 Å². The largest absolute Gasteiger partial charge is 0.464 e. The van der Waals surface area contributed by atoms with Crippen molar-refractivity contribution in [3.05, 3.63) is 36.5 Å². The van der Waals surface area contributed by atoms with Crippen molar-refractivity contribution >= 4 is 17.7 Å². The van der Waals surface area contributed by atoms with Gasteiger partial charge in [-0.15, -0.1) is 0 Å². The molecule has 0 saturated heterocycles. The molecule has 1 rings (SSSR count). The van der Waals surface area contributed by atoms with Crippen molar-refractivity contribution in [3.63, 3.8) is 0 Å². The number of nitrogens with zero attached hydrogens (tertiary/aromatic N) is 1. The van der Waals surface area contributed by atoms with E-state index in [9.17, 15) is 9.59 Å². The van der Waals surface area contributed by atoms with Crippen LogP contribution in [0.4, 0.5) is 5.82 Å². The predicted octanol–water partition coefficient (Wildman–Crippen LogP) is 0.993. The molecule has 0 aromatic carbocycles. The zero-order valence-corrected chi connectivity index (χ0v) is 8.19. The van der Waals surface area contributed by atoms with E-state index in [0.717, 1.165) is 6.08 Å². The second-order valence-corrected chi connectivity index (χ2v) is 2.59. The standard InChI is InChI=1S/C10H10N2O3/c1-3-9(13)12-8-6-4-5-7(11-8)10(14)15-2/h3-6H,1H2,2H3,(H,11,12,13). The van der Waals surface area contributed by atoms with Crippen molar-refractivity contribution in [2.75, 3.05) is 12.4 Å². The fourth-order valence-electron chi connectivity index (χ4n) is 0.900. The summed E-state index contributed by atoms with van der Waals surface area (Å²) in [4.78, 5) is 25.9. The molecule has 0 atom stereocenters. The molecule has 78 valence electrons. The fourth-order valence-corrected chi connectivity index (χ4v) is 0.900. The number of methoxy groups -OCH3 is 1. The van der Waals surface area contributed by atoms with E-state index in [1.807, 2.05) is 0 Å². The van der Waals surface area contributed by atoms with Gasteiger partial charge in [0.1, 0.15) is 5.82 Å². The molecule has 0 aliphatic heterocycles. The molecule has 0 saturated carbocycles. The zero-order chi connectivity index (χ0) is 11.3. The zero-order valence-electron chi connectivity index (χ0n) is 8.19. The number of carbonyl (C=O) groups is 2. The molecule has 0 aliphatic carbocycles. The number of anilines is 1. The Morgan fingerprint density at radius 1 is 1.53 bits per heavy atom. The lowest BCUT2D eigenvalue weighted by molar-refractivity contribution is -0.111. The van der Waals surface area contributed by atoms with E-state index in [2.05, 4.69) is 21.6 Å². The SMILES string of the molecule is C=CC(=O)Nc1cccc(C(=O)OC)n1. The Morgan fingerprint density at radius 3 is 2.87 bits per heavy atom. The molecular weight excluding hydrogens is 196 g/mol. The fraction of sp³-hybridized carbons (Fsp3) is 0.100. The van der Waals surface area contributed by atoms with Gasteiger partial charge in [-0.25, -0.2) is 9.78 Å². The minimum absolute atomic E-state index is 0.138. The summed E-state index contributed by atoms with van der Waals surface area (Å²) in [5, 5.41) is 2.44. The van der Waals surface area contributed by atoms with Gasteiger partial charge >= 0.3 is 5.97 Å². The number of hydrogen-bond acceptors (Lipinski definition) is 4. The topological polar surface area (TPSA) is 68.3 Å². The lowest BCUT2D eigenvalue weighted by Gasteiger charge is -2.02. The molecule has 5 heteroatoms. The molecule has 15 heavy (non-hydrogen) atoms. The first kappa shape index (κ1) is 10.9. The Morgan fingerprint density at radius 2 is 2.27 bits per heavy atom. The minimum Gasteiger partial charge on any atom is -0.464 e.